The highest BCUT2D eigenvalue weighted by molar-refractivity contribution is 7.89. The van der Waals surface area contributed by atoms with Gasteiger partial charge in [0.25, 0.3) is 5.91 Å². The smallest absolute Gasteiger partial charge is 0.265 e. The lowest BCUT2D eigenvalue weighted by Crippen LogP contribution is -2.50. The van der Waals surface area contributed by atoms with Gasteiger partial charge in [0, 0.05) is 43.3 Å². The Morgan fingerprint density at radius 1 is 1.00 bits per heavy atom. The second-order valence-corrected chi connectivity index (χ2v) is 11.0. The number of aryl methyl sites for hydroxylation is 1. The monoisotopic (exact) mass is 496 g/mol. The van der Waals surface area contributed by atoms with E-state index in [0.29, 0.717) is 21.0 Å². The number of halogens is 1. The van der Waals surface area contributed by atoms with Crippen molar-refractivity contribution in [1.82, 2.24) is 19.2 Å². The second-order valence-electron chi connectivity index (χ2n) is 8.05. The van der Waals surface area contributed by atoms with Crippen LogP contribution in [0.15, 0.2) is 65.8 Å². The minimum Gasteiger partial charge on any atom is -0.335 e. The average molecular weight is 497 g/mol. The predicted octanol–water partition coefficient (Wildman–Crippen LogP) is 3.95. The largest absolute Gasteiger partial charge is 0.335 e. The molecule has 2 aromatic heterocycles. The van der Waals surface area contributed by atoms with Gasteiger partial charge in [-0.05, 0) is 36.8 Å². The number of pyridine rings is 1. The Labute approximate surface area is 200 Å². The Morgan fingerprint density at radius 3 is 2.53 bits per heavy atom. The van der Waals surface area contributed by atoms with E-state index in [4.69, 9.17) is 0 Å². The fourth-order valence-electron chi connectivity index (χ4n) is 4.01. The third kappa shape index (κ3) is 4.08. The van der Waals surface area contributed by atoms with Crippen molar-refractivity contribution in [1.29, 1.82) is 0 Å². The Morgan fingerprint density at radius 2 is 1.76 bits per heavy atom. The van der Waals surface area contributed by atoms with E-state index in [1.165, 1.54) is 16.6 Å². The molecule has 3 heterocycles. The van der Waals surface area contributed by atoms with Crippen LogP contribution in [-0.4, -0.2) is 59.7 Å². The normalized spacial score (nSPS) is 15.1. The maximum Gasteiger partial charge on any atom is 0.265 e. The number of carbonyl (C=O) groups excluding carboxylic acids is 1. The van der Waals surface area contributed by atoms with Crippen molar-refractivity contribution in [3.05, 3.63) is 77.2 Å². The minimum absolute atomic E-state index is 0.168. The zero-order chi connectivity index (χ0) is 23.9. The molecule has 10 heteroatoms. The molecule has 1 aliphatic rings. The summed E-state index contributed by atoms with van der Waals surface area (Å²) in [4.78, 5) is 23.7. The molecule has 1 saturated heterocycles. The molecule has 7 nitrogen and oxygen atoms in total. The van der Waals surface area contributed by atoms with E-state index in [2.05, 4.69) is 9.97 Å². The number of sulfonamides is 1. The summed E-state index contributed by atoms with van der Waals surface area (Å²) < 4.78 is 42.2. The van der Waals surface area contributed by atoms with Crippen molar-refractivity contribution in [2.24, 2.45) is 0 Å². The van der Waals surface area contributed by atoms with E-state index in [1.54, 1.807) is 41.4 Å². The van der Waals surface area contributed by atoms with Gasteiger partial charge in [-0.3, -0.25) is 9.78 Å². The quantitative estimate of drug-likeness (QED) is 0.427. The van der Waals surface area contributed by atoms with Crippen molar-refractivity contribution in [2.75, 3.05) is 26.2 Å². The van der Waals surface area contributed by atoms with Gasteiger partial charge in [-0.15, -0.1) is 11.3 Å². The fourth-order valence-corrected chi connectivity index (χ4v) is 6.51. The van der Waals surface area contributed by atoms with Crippen LogP contribution in [-0.2, 0) is 10.0 Å². The van der Waals surface area contributed by atoms with Gasteiger partial charge in [-0.1, -0.05) is 24.3 Å². The average Bonchev–Trinajstić information content (AvgIpc) is 3.33. The van der Waals surface area contributed by atoms with Gasteiger partial charge in [0.05, 0.1) is 11.7 Å². The molecule has 1 aliphatic heterocycles. The minimum atomic E-state index is -3.77. The number of amides is 1. The highest BCUT2D eigenvalue weighted by Gasteiger charge is 2.32. The van der Waals surface area contributed by atoms with Crippen molar-refractivity contribution in [3.63, 3.8) is 0 Å². The van der Waals surface area contributed by atoms with E-state index in [0.717, 1.165) is 22.3 Å². The summed E-state index contributed by atoms with van der Waals surface area (Å²) in [5, 5.41) is 1.20. The lowest BCUT2D eigenvalue weighted by atomic mass is 10.2. The molecule has 1 fully saturated rings. The molecule has 0 atom stereocenters. The molecule has 2 aromatic carbocycles. The topological polar surface area (TPSA) is 83.5 Å². The van der Waals surface area contributed by atoms with E-state index >= 15 is 0 Å². The van der Waals surface area contributed by atoms with Crippen LogP contribution in [0, 0.1) is 12.7 Å². The number of carbonyl (C=O) groups is 1. The van der Waals surface area contributed by atoms with E-state index < -0.39 is 15.8 Å². The summed E-state index contributed by atoms with van der Waals surface area (Å²) in [7, 11) is -3.77. The number of benzene rings is 2. The van der Waals surface area contributed by atoms with E-state index in [9.17, 15) is 17.6 Å². The van der Waals surface area contributed by atoms with Crippen LogP contribution in [0.3, 0.4) is 0 Å². The lowest BCUT2D eigenvalue weighted by molar-refractivity contribution is 0.0702. The third-order valence-electron chi connectivity index (χ3n) is 5.78. The molecule has 0 aliphatic carbocycles. The van der Waals surface area contributed by atoms with Gasteiger partial charge in [0.1, 0.15) is 20.6 Å². The van der Waals surface area contributed by atoms with Crippen molar-refractivity contribution >= 4 is 38.2 Å². The first-order valence-electron chi connectivity index (χ1n) is 10.7. The Hall–Kier alpha value is -3.21. The molecular weight excluding hydrogens is 475 g/mol. The number of thiazole rings is 1. The summed E-state index contributed by atoms with van der Waals surface area (Å²) in [6.07, 6.45) is 3.10. The Balaban J connectivity index is 1.31. The van der Waals surface area contributed by atoms with Crippen molar-refractivity contribution in [2.45, 2.75) is 11.8 Å². The maximum atomic E-state index is 14.1. The van der Waals surface area contributed by atoms with Gasteiger partial charge in [-0.25, -0.2) is 17.8 Å². The predicted molar refractivity (Wildman–Crippen MR) is 129 cm³/mol. The first kappa shape index (κ1) is 22.6. The zero-order valence-corrected chi connectivity index (χ0v) is 19.9. The molecule has 0 N–H and O–H groups in total. The van der Waals surface area contributed by atoms with Crippen molar-refractivity contribution < 1.29 is 17.6 Å². The van der Waals surface area contributed by atoms with Crippen LogP contribution in [0.1, 0.15) is 15.2 Å². The van der Waals surface area contributed by atoms with E-state index in [-0.39, 0.29) is 37.0 Å². The standard InChI is InChI=1S/C24H21FN4O3S2/c1-16-13-17-5-4-8-21(22(17)26-14-16)34(31,32)29-11-9-28(10-12-29)24(30)20-15-27-23(33-20)18-6-2-3-7-19(18)25/h2-8,13-15H,9-12H2,1H3. The van der Waals surface area contributed by atoms with Crippen molar-refractivity contribution in [3.8, 4) is 10.6 Å². The molecule has 4 aromatic rings. The van der Waals surface area contributed by atoms with Gasteiger partial charge in [-0.2, -0.15) is 4.31 Å². The third-order valence-corrected chi connectivity index (χ3v) is 8.72. The summed E-state index contributed by atoms with van der Waals surface area (Å²) in [5.74, 6) is -0.632. The number of para-hydroxylation sites is 1. The summed E-state index contributed by atoms with van der Waals surface area (Å²) in [6, 6.07) is 13.3. The summed E-state index contributed by atoms with van der Waals surface area (Å²) >= 11 is 1.13. The lowest BCUT2D eigenvalue weighted by Gasteiger charge is -2.33. The number of piperazine rings is 1. The number of aromatic nitrogens is 2. The first-order chi connectivity index (χ1) is 16.3. The van der Waals surface area contributed by atoms with Crippen LogP contribution in [0.5, 0.6) is 0 Å². The Bertz CT molecular complexity index is 1500. The highest BCUT2D eigenvalue weighted by atomic mass is 32.2. The van der Waals surface area contributed by atoms with Crippen LogP contribution in [0.25, 0.3) is 21.5 Å². The molecule has 5 rings (SSSR count). The molecule has 1 amide bonds. The van der Waals surface area contributed by atoms with Gasteiger partial charge in [0.2, 0.25) is 10.0 Å². The second kappa shape index (κ2) is 8.86. The summed E-state index contributed by atoms with van der Waals surface area (Å²) in [6.45, 7) is 2.77. The van der Waals surface area contributed by atoms with Gasteiger partial charge in [0.15, 0.2) is 0 Å². The van der Waals surface area contributed by atoms with Gasteiger partial charge < -0.3 is 4.90 Å². The van der Waals surface area contributed by atoms with Crippen LogP contribution in [0.4, 0.5) is 4.39 Å². The molecule has 0 saturated carbocycles. The van der Waals surface area contributed by atoms with E-state index in [1.807, 2.05) is 19.1 Å². The molecule has 0 unspecified atom stereocenters. The van der Waals surface area contributed by atoms with Crippen LogP contribution >= 0.6 is 11.3 Å². The molecular formula is C24H21FN4O3S2. The Kier molecular flexibility index (Phi) is 5.88. The maximum absolute atomic E-state index is 14.1. The number of fused-ring (bicyclic) bond motifs is 1. The number of hydrogen-bond donors (Lipinski definition) is 0. The molecule has 174 valence electrons. The highest BCUT2D eigenvalue weighted by Crippen LogP contribution is 2.29. The molecule has 0 radical (unpaired) electrons. The van der Waals surface area contributed by atoms with Crippen LogP contribution in [0.2, 0.25) is 0 Å². The van der Waals surface area contributed by atoms with Gasteiger partial charge >= 0.3 is 0 Å². The number of hydrogen-bond acceptors (Lipinski definition) is 6. The molecule has 0 bridgehead atoms. The van der Waals surface area contributed by atoms with Crippen LogP contribution < -0.4 is 0 Å². The number of rotatable bonds is 4. The molecule has 0 spiro atoms. The first-order valence-corrected chi connectivity index (χ1v) is 13.0. The SMILES string of the molecule is Cc1cnc2c(S(=O)(=O)N3CCN(C(=O)c4cnc(-c5ccccc5F)s4)CC3)cccc2c1. The molecule has 34 heavy (non-hydrogen) atoms. The fraction of sp³-hybridized carbons (Fsp3) is 0.208. The number of nitrogens with zero attached hydrogens (tertiary/aromatic N) is 4. The summed E-state index contributed by atoms with van der Waals surface area (Å²) in [5.41, 5.74) is 1.74. The zero-order valence-electron chi connectivity index (χ0n) is 18.3.